The van der Waals surface area contributed by atoms with Gasteiger partial charge in [0.1, 0.15) is 5.82 Å². The number of hydrogen-bond acceptors (Lipinski definition) is 5. The highest BCUT2D eigenvalue weighted by Gasteiger charge is 2.09. The van der Waals surface area contributed by atoms with Crippen LogP contribution in [-0.2, 0) is 6.54 Å². The predicted molar refractivity (Wildman–Crippen MR) is 110 cm³/mol. The van der Waals surface area contributed by atoms with E-state index in [9.17, 15) is 0 Å². The molecule has 1 aromatic carbocycles. The van der Waals surface area contributed by atoms with E-state index in [4.69, 9.17) is 0 Å². The van der Waals surface area contributed by atoms with Crippen molar-refractivity contribution in [2.45, 2.75) is 6.54 Å². The second-order valence-electron chi connectivity index (χ2n) is 6.27. The first kappa shape index (κ1) is 17.0. The number of anilines is 2. The van der Waals surface area contributed by atoms with Crippen LogP contribution in [0.15, 0.2) is 85.5 Å². The maximum absolute atomic E-state index is 4.53. The first-order chi connectivity index (χ1) is 13.4. The summed E-state index contributed by atoms with van der Waals surface area (Å²) in [4.78, 5) is 15.3. The van der Waals surface area contributed by atoms with E-state index in [-0.39, 0.29) is 0 Å². The van der Waals surface area contributed by atoms with Crippen molar-refractivity contribution in [2.24, 2.45) is 0 Å². The maximum Gasteiger partial charge on any atom is 0.128 e. The Morgan fingerprint density at radius 2 is 1.70 bits per heavy atom. The van der Waals surface area contributed by atoms with Gasteiger partial charge in [0.05, 0.1) is 11.7 Å². The monoisotopic (exact) mass is 355 g/mol. The number of rotatable bonds is 7. The van der Waals surface area contributed by atoms with E-state index in [2.05, 4.69) is 55.5 Å². The first-order valence-electron chi connectivity index (χ1n) is 9.03. The minimum Gasteiger partial charge on any atom is -0.383 e. The van der Waals surface area contributed by atoms with Crippen molar-refractivity contribution in [3.05, 3.63) is 91.0 Å². The van der Waals surface area contributed by atoms with Crippen molar-refractivity contribution in [2.75, 3.05) is 23.3 Å². The van der Waals surface area contributed by atoms with Crippen LogP contribution in [0.1, 0.15) is 5.56 Å². The number of fused-ring (bicyclic) bond motifs is 1. The lowest BCUT2D eigenvalue weighted by Crippen LogP contribution is -2.29. The molecule has 5 nitrogen and oxygen atoms in total. The van der Waals surface area contributed by atoms with Gasteiger partial charge in [-0.15, -0.1) is 0 Å². The summed E-state index contributed by atoms with van der Waals surface area (Å²) in [6.07, 6.45) is 7.23. The van der Waals surface area contributed by atoms with Crippen LogP contribution in [0.25, 0.3) is 10.9 Å². The quantitative estimate of drug-likeness (QED) is 0.540. The lowest BCUT2D eigenvalue weighted by Gasteiger charge is -2.24. The van der Waals surface area contributed by atoms with E-state index in [1.165, 1.54) is 5.56 Å². The Labute approximate surface area is 158 Å². The van der Waals surface area contributed by atoms with E-state index in [0.717, 1.165) is 42.0 Å². The van der Waals surface area contributed by atoms with Crippen molar-refractivity contribution in [1.82, 2.24) is 15.0 Å². The SMILES string of the molecule is c1ccc(CN(CCNc2ccnc3cnccc23)c2ccccn2)cc1. The van der Waals surface area contributed by atoms with Crippen molar-refractivity contribution in [1.29, 1.82) is 0 Å². The molecule has 0 saturated heterocycles. The molecule has 0 aliphatic rings. The van der Waals surface area contributed by atoms with Crippen LogP contribution in [0.2, 0.25) is 0 Å². The zero-order valence-corrected chi connectivity index (χ0v) is 15.0. The molecule has 0 saturated carbocycles. The lowest BCUT2D eigenvalue weighted by atomic mass is 10.2. The van der Waals surface area contributed by atoms with Gasteiger partial charge in [0.2, 0.25) is 0 Å². The molecule has 4 aromatic rings. The third kappa shape index (κ3) is 4.20. The highest BCUT2D eigenvalue weighted by Crippen LogP contribution is 2.20. The number of nitrogens with one attached hydrogen (secondary N) is 1. The smallest absolute Gasteiger partial charge is 0.128 e. The molecule has 3 heterocycles. The number of benzene rings is 1. The molecule has 134 valence electrons. The Balaban J connectivity index is 1.48. The first-order valence-corrected chi connectivity index (χ1v) is 9.03. The highest BCUT2D eigenvalue weighted by molar-refractivity contribution is 5.90. The predicted octanol–water partition coefficient (Wildman–Crippen LogP) is 4.14. The second-order valence-corrected chi connectivity index (χ2v) is 6.27. The molecule has 0 spiro atoms. The van der Waals surface area contributed by atoms with E-state index in [1.54, 1.807) is 12.4 Å². The summed E-state index contributed by atoms with van der Waals surface area (Å²) in [5, 5.41) is 4.62. The van der Waals surface area contributed by atoms with Gasteiger partial charge in [-0.1, -0.05) is 36.4 Å². The van der Waals surface area contributed by atoms with Crippen LogP contribution in [0.5, 0.6) is 0 Å². The molecule has 3 aromatic heterocycles. The van der Waals surface area contributed by atoms with Gasteiger partial charge in [0.15, 0.2) is 0 Å². The zero-order chi connectivity index (χ0) is 18.3. The normalized spacial score (nSPS) is 10.7. The fourth-order valence-corrected chi connectivity index (χ4v) is 3.10. The third-order valence-electron chi connectivity index (χ3n) is 4.43. The molecular formula is C22H21N5. The second kappa shape index (κ2) is 8.27. The molecule has 0 aliphatic carbocycles. The van der Waals surface area contributed by atoms with Crippen LogP contribution in [-0.4, -0.2) is 28.0 Å². The van der Waals surface area contributed by atoms with Gasteiger partial charge in [-0.2, -0.15) is 0 Å². The molecule has 27 heavy (non-hydrogen) atoms. The fraction of sp³-hybridized carbons (Fsp3) is 0.136. The van der Waals surface area contributed by atoms with Gasteiger partial charge >= 0.3 is 0 Å². The average molecular weight is 355 g/mol. The fourth-order valence-electron chi connectivity index (χ4n) is 3.10. The molecule has 0 aliphatic heterocycles. The highest BCUT2D eigenvalue weighted by atomic mass is 15.2. The topological polar surface area (TPSA) is 53.9 Å². The Bertz CT molecular complexity index is 984. The van der Waals surface area contributed by atoms with Crippen molar-refractivity contribution < 1.29 is 0 Å². The molecule has 0 fully saturated rings. The van der Waals surface area contributed by atoms with Gasteiger partial charge in [0, 0.05) is 49.3 Å². The minimum absolute atomic E-state index is 0.796. The van der Waals surface area contributed by atoms with Gasteiger partial charge in [-0.3, -0.25) is 9.97 Å². The van der Waals surface area contributed by atoms with E-state index in [1.807, 2.05) is 42.7 Å². The van der Waals surface area contributed by atoms with Gasteiger partial charge in [0.25, 0.3) is 0 Å². The van der Waals surface area contributed by atoms with E-state index >= 15 is 0 Å². The Hall–Kier alpha value is -3.47. The Morgan fingerprint density at radius 3 is 2.56 bits per heavy atom. The van der Waals surface area contributed by atoms with E-state index in [0.29, 0.717) is 0 Å². The largest absolute Gasteiger partial charge is 0.383 e. The average Bonchev–Trinajstić information content (AvgIpc) is 2.74. The number of hydrogen-bond donors (Lipinski definition) is 1. The van der Waals surface area contributed by atoms with Crippen LogP contribution in [0.3, 0.4) is 0 Å². The number of pyridine rings is 3. The van der Waals surface area contributed by atoms with Gasteiger partial charge < -0.3 is 10.2 Å². The summed E-state index contributed by atoms with van der Waals surface area (Å²) >= 11 is 0. The molecule has 1 N–H and O–H groups in total. The maximum atomic E-state index is 4.53. The number of nitrogens with zero attached hydrogens (tertiary/aromatic N) is 4. The van der Waals surface area contributed by atoms with Gasteiger partial charge in [-0.25, -0.2) is 4.98 Å². The molecule has 0 amide bonds. The zero-order valence-electron chi connectivity index (χ0n) is 15.0. The summed E-state index contributed by atoms with van der Waals surface area (Å²) in [5.74, 6) is 0.979. The van der Waals surface area contributed by atoms with Gasteiger partial charge in [-0.05, 0) is 29.8 Å². The third-order valence-corrected chi connectivity index (χ3v) is 4.43. The number of aromatic nitrogens is 3. The molecule has 4 rings (SSSR count). The van der Waals surface area contributed by atoms with Crippen LogP contribution >= 0.6 is 0 Å². The van der Waals surface area contributed by atoms with Crippen LogP contribution in [0.4, 0.5) is 11.5 Å². The lowest BCUT2D eigenvalue weighted by molar-refractivity contribution is 0.790. The van der Waals surface area contributed by atoms with Crippen LogP contribution in [0, 0.1) is 0 Å². The van der Waals surface area contributed by atoms with Crippen molar-refractivity contribution in [3.8, 4) is 0 Å². The molecular weight excluding hydrogens is 334 g/mol. The van der Waals surface area contributed by atoms with Crippen LogP contribution < -0.4 is 10.2 Å². The summed E-state index contributed by atoms with van der Waals surface area (Å²) in [5.41, 5.74) is 3.24. The summed E-state index contributed by atoms with van der Waals surface area (Å²) in [7, 11) is 0. The molecule has 0 radical (unpaired) electrons. The summed E-state index contributed by atoms with van der Waals surface area (Å²) in [6.45, 7) is 2.45. The Kier molecular flexibility index (Phi) is 5.20. The standard InChI is InChI=1S/C22H21N5/c1-2-6-18(7-3-1)17-27(22-8-4-5-11-26-22)15-14-25-20-10-13-24-21-16-23-12-9-19(20)21/h1-13,16H,14-15,17H2,(H,24,25). The molecule has 0 unspecified atom stereocenters. The van der Waals surface area contributed by atoms with E-state index < -0.39 is 0 Å². The minimum atomic E-state index is 0.796. The van der Waals surface area contributed by atoms with Crippen molar-refractivity contribution in [3.63, 3.8) is 0 Å². The Morgan fingerprint density at radius 1 is 0.815 bits per heavy atom. The summed E-state index contributed by atoms with van der Waals surface area (Å²) in [6, 6.07) is 20.5. The molecule has 5 heteroatoms. The molecule has 0 atom stereocenters. The summed E-state index contributed by atoms with van der Waals surface area (Å²) < 4.78 is 0. The van der Waals surface area contributed by atoms with Crippen molar-refractivity contribution >= 4 is 22.4 Å². The molecule has 0 bridgehead atoms.